The summed E-state index contributed by atoms with van der Waals surface area (Å²) in [5.41, 5.74) is 2.62. The Kier molecular flexibility index (Phi) is 3.99. The highest BCUT2D eigenvalue weighted by molar-refractivity contribution is 7.99. The Morgan fingerprint density at radius 3 is 2.69 bits per heavy atom. The van der Waals surface area contributed by atoms with E-state index in [9.17, 15) is 18.0 Å². The molecule has 26 heavy (non-hydrogen) atoms. The normalized spacial score (nSPS) is 13.0. The number of ether oxygens (including phenoxy) is 1. The van der Waals surface area contributed by atoms with Crippen molar-refractivity contribution in [3.63, 3.8) is 0 Å². The molecule has 1 aliphatic rings. The summed E-state index contributed by atoms with van der Waals surface area (Å²) in [4.78, 5) is 20.5. The van der Waals surface area contributed by atoms with Crippen molar-refractivity contribution in [3.8, 4) is 17.1 Å². The van der Waals surface area contributed by atoms with Gasteiger partial charge in [0.2, 0.25) is 0 Å². The van der Waals surface area contributed by atoms with Gasteiger partial charge in [-0.15, -0.1) is 13.2 Å². The predicted octanol–water partition coefficient (Wildman–Crippen LogP) is 4.39. The van der Waals surface area contributed by atoms with Gasteiger partial charge in [-0.2, -0.15) is 0 Å². The van der Waals surface area contributed by atoms with Gasteiger partial charge in [-0.3, -0.25) is 9.78 Å². The number of hydrogen-bond donors (Lipinski definition) is 1. The quantitative estimate of drug-likeness (QED) is 0.564. The van der Waals surface area contributed by atoms with E-state index < -0.39 is 6.36 Å². The van der Waals surface area contributed by atoms with Crippen LogP contribution in [-0.2, 0) is 6.42 Å². The standard InChI is InChI=1S/C18H11F3N2O2S/c19-18(20,21)25-12-5-4-10-7-11-8-14(13-3-1-2-6-22-13)23-17(24)16(11)26-15(10)9-12/h1-6,8-9H,7H2,(H,23,24). The molecule has 2 aromatic heterocycles. The number of hydrogen-bond acceptors (Lipinski definition) is 4. The van der Waals surface area contributed by atoms with E-state index >= 15 is 0 Å². The van der Waals surface area contributed by atoms with Crippen molar-refractivity contribution in [1.82, 2.24) is 9.97 Å². The van der Waals surface area contributed by atoms with Crippen LogP contribution in [0.5, 0.6) is 5.75 Å². The van der Waals surface area contributed by atoms with Crippen LogP contribution in [0.3, 0.4) is 0 Å². The number of nitrogens with one attached hydrogen (secondary N) is 1. The van der Waals surface area contributed by atoms with E-state index in [0.29, 0.717) is 27.6 Å². The molecule has 8 heteroatoms. The van der Waals surface area contributed by atoms with E-state index in [4.69, 9.17) is 0 Å². The average molecular weight is 376 g/mol. The molecule has 132 valence electrons. The van der Waals surface area contributed by atoms with E-state index in [-0.39, 0.29) is 11.3 Å². The molecule has 1 aromatic carbocycles. The lowest BCUT2D eigenvalue weighted by Gasteiger charge is -2.20. The highest BCUT2D eigenvalue weighted by atomic mass is 32.2. The molecule has 0 spiro atoms. The first-order valence-electron chi connectivity index (χ1n) is 7.63. The first-order valence-corrected chi connectivity index (χ1v) is 8.45. The molecule has 0 atom stereocenters. The topological polar surface area (TPSA) is 55.0 Å². The molecule has 3 heterocycles. The van der Waals surface area contributed by atoms with Gasteiger partial charge in [0.25, 0.3) is 5.56 Å². The van der Waals surface area contributed by atoms with Crippen LogP contribution in [0.15, 0.2) is 63.2 Å². The van der Waals surface area contributed by atoms with Gasteiger partial charge in [-0.1, -0.05) is 23.9 Å². The highest BCUT2D eigenvalue weighted by Crippen LogP contribution is 2.40. The summed E-state index contributed by atoms with van der Waals surface area (Å²) in [5.74, 6) is -0.297. The fraction of sp³-hybridized carbons (Fsp3) is 0.111. The van der Waals surface area contributed by atoms with Gasteiger partial charge in [0.05, 0.1) is 16.3 Å². The van der Waals surface area contributed by atoms with Gasteiger partial charge >= 0.3 is 6.36 Å². The van der Waals surface area contributed by atoms with E-state index in [1.54, 1.807) is 24.4 Å². The number of benzene rings is 1. The maximum absolute atomic E-state index is 12.5. The Labute approximate surface area is 150 Å². The molecule has 0 unspecified atom stereocenters. The minimum absolute atomic E-state index is 0.291. The van der Waals surface area contributed by atoms with Crippen LogP contribution in [0.4, 0.5) is 13.2 Å². The van der Waals surface area contributed by atoms with E-state index in [0.717, 1.165) is 22.9 Å². The lowest BCUT2D eigenvalue weighted by molar-refractivity contribution is -0.274. The van der Waals surface area contributed by atoms with Gasteiger partial charge in [0.1, 0.15) is 5.75 Å². The van der Waals surface area contributed by atoms with Gasteiger partial charge in [-0.05, 0) is 47.9 Å². The third kappa shape index (κ3) is 3.32. The van der Waals surface area contributed by atoms with Crippen molar-refractivity contribution in [2.24, 2.45) is 0 Å². The number of alkyl halides is 3. The van der Waals surface area contributed by atoms with Gasteiger partial charge in [-0.25, -0.2) is 0 Å². The summed E-state index contributed by atoms with van der Waals surface area (Å²) in [6, 6.07) is 11.4. The molecule has 1 aliphatic heterocycles. The lowest BCUT2D eigenvalue weighted by atomic mass is 10.0. The summed E-state index contributed by atoms with van der Waals surface area (Å²) >= 11 is 1.14. The number of pyridine rings is 2. The third-order valence-corrected chi connectivity index (χ3v) is 5.12. The zero-order valence-corrected chi connectivity index (χ0v) is 13.9. The highest BCUT2D eigenvalue weighted by Gasteiger charge is 2.31. The van der Waals surface area contributed by atoms with E-state index in [1.165, 1.54) is 12.1 Å². The van der Waals surface area contributed by atoms with E-state index in [2.05, 4.69) is 14.7 Å². The van der Waals surface area contributed by atoms with Crippen molar-refractivity contribution < 1.29 is 17.9 Å². The molecule has 0 radical (unpaired) electrons. The smallest absolute Gasteiger partial charge is 0.406 e. The molecule has 0 fully saturated rings. The molecule has 0 saturated heterocycles. The van der Waals surface area contributed by atoms with Crippen LogP contribution in [0.25, 0.3) is 11.4 Å². The Morgan fingerprint density at radius 1 is 1.12 bits per heavy atom. The number of nitrogens with zero attached hydrogens (tertiary/aromatic N) is 1. The molecule has 0 aliphatic carbocycles. The maximum Gasteiger partial charge on any atom is 0.573 e. The zero-order valence-electron chi connectivity index (χ0n) is 13.1. The number of halogens is 3. The van der Waals surface area contributed by atoms with Crippen molar-refractivity contribution in [2.45, 2.75) is 22.6 Å². The second-order valence-electron chi connectivity index (χ2n) is 5.68. The summed E-state index contributed by atoms with van der Waals surface area (Å²) in [7, 11) is 0. The number of fused-ring (bicyclic) bond motifs is 2. The molecular weight excluding hydrogens is 365 g/mol. The van der Waals surface area contributed by atoms with Crippen molar-refractivity contribution in [3.05, 3.63) is 70.1 Å². The number of H-pyrrole nitrogens is 1. The fourth-order valence-corrected chi connectivity index (χ4v) is 3.86. The van der Waals surface area contributed by atoms with Crippen molar-refractivity contribution in [2.75, 3.05) is 0 Å². The predicted molar refractivity (Wildman–Crippen MR) is 90.3 cm³/mol. The first kappa shape index (κ1) is 16.7. The molecular formula is C18H11F3N2O2S. The Hall–Kier alpha value is -2.74. The minimum Gasteiger partial charge on any atom is -0.406 e. The second-order valence-corrected chi connectivity index (χ2v) is 6.73. The Morgan fingerprint density at radius 2 is 1.96 bits per heavy atom. The monoisotopic (exact) mass is 376 g/mol. The molecule has 0 bridgehead atoms. The number of aromatic amines is 1. The summed E-state index contributed by atoms with van der Waals surface area (Å²) in [6.07, 6.45) is -2.66. The third-order valence-electron chi connectivity index (χ3n) is 3.87. The molecule has 0 saturated carbocycles. The van der Waals surface area contributed by atoms with Gasteiger partial charge < -0.3 is 9.72 Å². The molecule has 1 N–H and O–H groups in total. The van der Waals surface area contributed by atoms with Crippen LogP contribution >= 0.6 is 11.8 Å². The largest absolute Gasteiger partial charge is 0.573 e. The van der Waals surface area contributed by atoms with Crippen LogP contribution in [0.1, 0.15) is 11.1 Å². The van der Waals surface area contributed by atoms with Crippen LogP contribution in [-0.4, -0.2) is 16.3 Å². The zero-order chi connectivity index (χ0) is 18.3. The second kappa shape index (κ2) is 6.21. The summed E-state index contributed by atoms with van der Waals surface area (Å²) in [5, 5.41) is 0. The number of rotatable bonds is 2. The van der Waals surface area contributed by atoms with Crippen molar-refractivity contribution >= 4 is 11.8 Å². The number of aromatic nitrogens is 2. The van der Waals surface area contributed by atoms with Gasteiger partial charge in [0.15, 0.2) is 0 Å². The fourth-order valence-electron chi connectivity index (χ4n) is 2.79. The maximum atomic E-state index is 12.5. The first-order chi connectivity index (χ1) is 12.4. The lowest BCUT2D eigenvalue weighted by Crippen LogP contribution is -2.18. The Bertz CT molecular complexity index is 1030. The van der Waals surface area contributed by atoms with Crippen LogP contribution in [0.2, 0.25) is 0 Å². The molecule has 4 nitrogen and oxygen atoms in total. The molecule has 0 amide bonds. The molecule has 4 rings (SSSR count). The average Bonchev–Trinajstić information content (AvgIpc) is 2.60. The van der Waals surface area contributed by atoms with E-state index in [1.807, 2.05) is 12.1 Å². The summed E-state index contributed by atoms with van der Waals surface area (Å²) < 4.78 is 41.1. The minimum atomic E-state index is -4.75. The Balaban J connectivity index is 1.71. The van der Waals surface area contributed by atoms with Crippen LogP contribution in [0, 0.1) is 0 Å². The SMILES string of the molecule is O=c1[nH]c(-c2ccccn2)cc2c1Sc1cc(OC(F)(F)F)ccc1C2. The molecule has 3 aromatic rings. The van der Waals surface area contributed by atoms with Crippen molar-refractivity contribution in [1.29, 1.82) is 0 Å². The van der Waals surface area contributed by atoms with Crippen LogP contribution < -0.4 is 10.3 Å². The summed E-state index contributed by atoms with van der Waals surface area (Å²) in [6.45, 7) is 0. The van der Waals surface area contributed by atoms with Gasteiger partial charge in [0, 0.05) is 11.1 Å².